The molecule has 0 aliphatic rings. The van der Waals surface area contributed by atoms with Gasteiger partial charge in [0.25, 0.3) is 0 Å². The molecule has 0 aliphatic heterocycles. The van der Waals surface area contributed by atoms with E-state index in [1.54, 1.807) is 12.1 Å². The first-order valence-electron chi connectivity index (χ1n) is 10.1. The zero-order valence-corrected chi connectivity index (χ0v) is 19.4. The van der Waals surface area contributed by atoms with Crippen LogP contribution in [0.1, 0.15) is 24.8 Å². The van der Waals surface area contributed by atoms with Gasteiger partial charge in [-0.1, -0.05) is 29.3 Å². The molecule has 13 heteroatoms. The Balaban J connectivity index is 2.27. The topological polar surface area (TPSA) is 186 Å². The average molecular weight is 503 g/mol. The van der Waals surface area contributed by atoms with Crippen molar-refractivity contribution in [3.8, 4) is 0 Å². The fourth-order valence-electron chi connectivity index (χ4n) is 2.59. The first-order chi connectivity index (χ1) is 15.6. The van der Waals surface area contributed by atoms with Crippen LogP contribution in [-0.2, 0) is 30.4 Å². The molecule has 0 radical (unpaired) electrons. The Morgan fingerprint density at radius 3 is 1.97 bits per heavy atom. The van der Waals surface area contributed by atoms with Crippen molar-refractivity contribution in [3.63, 3.8) is 0 Å². The molecule has 0 saturated heterocycles. The Morgan fingerprint density at radius 1 is 0.848 bits per heavy atom. The smallest absolute Gasteiger partial charge is 0.240 e. The minimum atomic E-state index is -0.855. The largest absolute Gasteiger partial charge is 0.368 e. The van der Waals surface area contributed by atoms with Crippen LogP contribution in [0.25, 0.3) is 0 Å². The molecule has 11 nitrogen and oxygen atoms in total. The molecule has 1 rings (SSSR count). The maximum atomic E-state index is 11.9. The standard InChI is InChI=1S/C20H28Cl2N6O5/c21-13-5-4-12(14(22)8-13)7-16(29)25-9-17(30)26-10-18(31)27-11-19(32)28-15(20(24)33)3-1-2-6-23/h4-5,8,15H,1-3,6-7,9-11,23H2,(H2,24,33)(H,25,29)(H,26,30)(H,27,31)(H,28,32). The maximum absolute atomic E-state index is 11.9. The molecule has 0 fully saturated rings. The summed E-state index contributed by atoms with van der Waals surface area (Å²) in [7, 11) is 0. The number of nitrogens with one attached hydrogen (secondary N) is 4. The molecule has 0 aliphatic carbocycles. The number of carbonyl (C=O) groups excluding carboxylic acids is 5. The Bertz CT molecular complexity index is 867. The number of carbonyl (C=O) groups is 5. The quantitative estimate of drug-likeness (QED) is 0.177. The van der Waals surface area contributed by atoms with Gasteiger partial charge >= 0.3 is 0 Å². The van der Waals surface area contributed by atoms with E-state index in [0.717, 1.165) is 0 Å². The van der Waals surface area contributed by atoms with Crippen molar-refractivity contribution in [1.82, 2.24) is 21.3 Å². The summed E-state index contributed by atoms with van der Waals surface area (Å²) in [6.45, 7) is -0.683. The van der Waals surface area contributed by atoms with E-state index >= 15 is 0 Å². The van der Waals surface area contributed by atoms with Gasteiger partial charge in [0, 0.05) is 10.0 Å². The summed E-state index contributed by atoms with van der Waals surface area (Å²) in [6.07, 6.45) is 1.60. The van der Waals surface area contributed by atoms with Crippen LogP contribution in [0.3, 0.4) is 0 Å². The lowest BCUT2D eigenvalue weighted by molar-refractivity contribution is -0.129. The highest BCUT2D eigenvalue weighted by Gasteiger charge is 2.18. The highest BCUT2D eigenvalue weighted by Crippen LogP contribution is 2.21. The molecular weight excluding hydrogens is 475 g/mol. The average Bonchev–Trinajstić information content (AvgIpc) is 2.76. The van der Waals surface area contributed by atoms with Crippen LogP contribution in [0.5, 0.6) is 0 Å². The number of nitrogens with two attached hydrogens (primary N) is 2. The van der Waals surface area contributed by atoms with Gasteiger partial charge in [-0.3, -0.25) is 24.0 Å². The van der Waals surface area contributed by atoms with Crippen molar-refractivity contribution in [2.45, 2.75) is 31.7 Å². The molecule has 33 heavy (non-hydrogen) atoms. The van der Waals surface area contributed by atoms with Crippen LogP contribution in [0, 0.1) is 0 Å². The Morgan fingerprint density at radius 2 is 1.42 bits per heavy atom. The van der Waals surface area contributed by atoms with Crippen LogP contribution >= 0.6 is 23.2 Å². The molecular formula is C20H28Cl2N6O5. The van der Waals surface area contributed by atoms with Crippen LogP contribution in [0.4, 0.5) is 0 Å². The van der Waals surface area contributed by atoms with Gasteiger partial charge in [-0.25, -0.2) is 0 Å². The lowest BCUT2D eigenvalue weighted by Crippen LogP contribution is -2.49. The number of hydrogen-bond acceptors (Lipinski definition) is 6. The molecule has 1 atom stereocenters. The molecule has 1 aromatic carbocycles. The third-order valence-corrected chi connectivity index (χ3v) is 4.92. The maximum Gasteiger partial charge on any atom is 0.240 e. The molecule has 0 bridgehead atoms. The Hall–Kier alpha value is -2.89. The van der Waals surface area contributed by atoms with Gasteiger partial charge in [-0.2, -0.15) is 0 Å². The molecule has 182 valence electrons. The Labute approximate surface area is 201 Å². The lowest BCUT2D eigenvalue weighted by atomic mass is 10.1. The van der Waals surface area contributed by atoms with Gasteiger partial charge in [0.1, 0.15) is 6.04 Å². The predicted octanol–water partition coefficient (Wildman–Crippen LogP) is -1.02. The monoisotopic (exact) mass is 502 g/mol. The zero-order chi connectivity index (χ0) is 24.8. The van der Waals surface area contributed by atoms with Crippen LogP contribution in [0.2, 0.25) is 10.0 Å². The summed E-state index contributed by atoms with van der Waals surface area (Å²) in [6, 6.07) is 3.86. The highest BCUT2D eigenvalue weighted by molar-refractivity contribution is 6.35. The highest BCUT2D eigenvalue weighted by atomic mass is 35.5. The van der Waals surface area contributed by atoms with Gasteiger partial charge in [-0.15, -0.1) is 0 Å². The summed E-state index contributed by atoms with van der Waals surface area (Å²) >= 11 is 11.8. The van der Waals surface area contributed by atoms with E-state index in [-0.39, 0.29) is 13.0 Å². The second-order valence-electron chi connectivity index (χ2n) is 7.05. The second-order valence-corrected chi connectivity index (χ2v) is 7.89. The van der Waals surface area contributed by atoms with Crippen molar-refractivity contribution < 1.29 is 24.0 Å². The molecule has 0 aromatic heterocycles. The number of amides is 5. The Kier molecular flexibility index (Phi) is 12.8. The van der Waals surface area contributed by atoms with E-state index in [4.69, 9.17) is 34.7 Å². The van der Waals surface area contributed by atoms with E-state index in [9.17, 15) is 24.0 Å². The van der Waals surface area contributed by atoms with Gasteiger partial charge in [0.05, 0.1) is 26.1 Å². The van der Waals surface area contributed by atoms with E-state index in [2.05, 4.69) is 21.3 Å². The molecule has 1 aromatic rings. The number of primary amides is 1. The van der Waals surface area contributed by atoms with Gasteiger partial charge in [0.2, 0.25) is 29.5 Å². The van der Waals surface area contributed by atoms with Crippen molar-refractivity contribution in [3.05, 3.63) is 33.8 Å². The first kappa shape index (κ1) is 28.1. The molecule has 5 amide bonds. The van der Waals surface area contributed by atoms with Crippen molar-refractivity contribution in [2.24, 2.45) is 11.5 Å². The van der Waals surface area contributed by atoms with Gasteiger partial charge < -0.3 is 32.7 Å². The summed E-state index contributed by atoms with van der Waals surface area (Å²) in [5, 5.41) is 10.2. The second kappa shape index (κ2) is 15.0. The van der Waals surface area contributed by atoms with Crippen LogP contribution < -0.4 is 32.7 Å². The molecule has 0 spiro atoms. The predicted molar refractivity (Wildman–Crippen MR) is 123 cm³/mol. The summed E-state index contributed by atoms with van der Waals surface area (Å²) in [5.74, 6) is -2.94. The normalized spacial score (nSPS) is 11.2. The number of unbranched alkanes of at least 4 members (excludes halogenated alkanes) is 1. The molecule has 8 N–H and O–H groups in total. The molecule has 1 unspecified atom stereocenters. The van der Waals surface area contributed by atoms with Crippen molar-refractivity contribution in [1.29, 1.82) is 0 Å². The van der Waals surface area contributed by atoms with Gasteiger partial charge in [-0.05, 0) is 43.5 Å². The fourth-order valence-corrected chi connectivity index (χ4v) is 3.06. The van der Waals surface area contributed by atoms with E-state index in [1.807, 2.05) is 0 Å². The van der Waals surface area contributed by atoms with Gasteiger partial charge in [0.15, 0.2) is 0 Å². The lowest BCUT2D eigenvalue weighted by Gasteiger charge is -2.15. The number of hydrogen-bond donors (Lipinski definition) is 6. The van der Waals surface area contributed by atoms with Crippen molar-refractivity contribution >= 4 is 52.7 Å². The summed E-state index contributed by atoms with van der Waals surface area (Å²) in [5.41, 5.74) is 11.2. The number of benzene rings is 1. The van der Waals surface area contributed by atoms with Crippen LogP contribution in [-0.4, -0.2) is 61.8 Å². The van der Waals surface area contributed by atoms with E-state index in [1.165, 1.54) is 6.07 Å². The zero-order valence-electron chi connectivity index (χ0n) is 17.9. The minimum Gasteiger partial charge on any atom is -0.368 e. The number of halogens is 2. The summed E-state index contributed by atoms with van der Waals surface area (Å²) < 4.78 is 0. The third-order valence-electron chi connectivity index (χ3n) is 4.33. The fraction of sp³-hybridized carbons (Fsp3) is 0.450. The van der Waals surface area contributed by atoms with E-state index < -0.39 is 48.7 Å². The minimum absolute atomic E-state index is 0.0442. The first-order valence-corrected chi connectivity index (χ1v) is 10.9. The number of rotatable bonds is 14. The summed E-state index contributed by atoms with van der Waals surface area (Å²) in [4.78, 5) is 58.8. The molecule has 0 saturated carbocycles. The SMILES string of the molecule is NCCCCC(NC(=O)CNC(=O)CNC(=O)CNC(=O)Cc1ccc(Cl)cc1Cl)C(N)=O. The van der Waals surface area contributed by atoms with Crippen LogP contribution in [0.15, 0.2) is 18.2 Å². The third kappa shape index (κ3) is 12.1. The van der Waals surface area contributed by atoms with E-state index in [0.29, 0.717) is 41.4 Å². The van der Waals surface area contributed by atoms with Crippen molar-refractivity contribution in [2.75, 3.05) is 26.2 Å². The molecule has 0 heterocycles.